The van der Waals surface area contributed by atoms with Gasteiger partial charge in [0, 0.05) is 10.9 Å². The molecule has 3 amide bonds. The van der Waals surface area contributed by atoms with Gasteiger partial charge < -0.3 is 14.5 Å². The number of aryl methyl sites for hydroxylation is 1. The third kappa shape index (κ3) is 5.42. The van der Waals surface area contributed by atoms with Crippen molar-refractivity contribution in [2.75, 3.05) is 0 Å². The van der Waals surface area contributed by atoms with Gasteiger partial charge in [-0.05, 0) is 24.5 Å². The van der Waals surface area contributed by atoms with Crippen molar-refractivity contribution in [1.29, 1.82) is 0 Å². The number of hydrazine groups is 1. The van der Waals surface area contributed by atoms with E-state index >= 15 is 0 Å². The fourth-order valence-corrected chi connectivity index (χ4v) is 3.07. The summed E-state index contributed by atoms with van der Waals surface area (Å²) in [4.78, 5) is 37.2. The van der Waals surface area contributed by atoms with Gasteiger partial charge in [0.2, 0.25) is 0 Å². The van der Waals surface area contributed by atoms with Crippen molar-refractivity contribution in [2.24, 2.45) is 5.92 Å². The van der Waals surface area contributed by atoms with Crippen LogP contribution in [0.3, 0.4) is 0 Å². The van der Waals surface area contributed by atoms with Crippen LogP contribution in [0.1, 0.15) is 35.5 Å². The molecule has 1 heterocycles. The van der Waals surface area contributed by atoms with Crippen LogP contribution in [-0.4, -0.2) is 23.9 Å². The predicted octanol–water partition coefficient (Wildman–Crippen LogP) is 3.45. The molecule has 0 aliphatic rings. The molecule has 0 saturated carbocycles. The van der Waals surface area contributed by atoms with Crippen molar-refractivity contribution >= 4 is 28.9 Å². The summed E-state index contributed by atoms with van der Waals surface area (Å²) in [6.07, 6.45) is -0.725. The van der Waals surface area contributed by atoms with Crippen LogP contribution in [0.15, 0.2) is 59.0 Å². The number of carbonyl (C=O) groups excluding carboxylic acids is 3. The summed E-state index contributed by atoms with van der Waals surface area (Å²) < 4.78 is 10.8. The van der Waals surface area contributed by atoms with Gasteiger partial charge in [0.15, 0.2) is 5.76 Å². The van der Waals surface area contributed by atoms with Crippen LogP contribution in [0.5, 0.6) is 0 Å². The normalized spacial score (nSPS) is 11.7. The molecule has 162 valence electrons. The number of hydrogen-bond acceptors (Lipinski definition) is 5. The molecule has 0 saturated heterocycles. The minimum absolute atomic E-state index is 0.0845. The first kappa shape index (κ1) is 21.9. The minimum Gasteiger partial charge on any atom is -0.451 e. The second kappa shape index (κ2) is 9.80. The van der Waals surface area contributed by atoms with Gasteiger partial charge in [-0.1, -0.05) is 62.4 Å². The molecule has 1 atom stereocenters. The molecular formula is C23H25N3O5. The zero-order chi connectivity index (χ0) is 22.4. The first-order valence-electron chi connectivity index (χ1n) is 9.92. The number of nitrogens with one attached hydrogen (secondary N) is 3. The average molecular weight is 423 g/mol. The topological polar surface area (TPSA) is 110 Å². The monoisotopic (exact) mass is 423 g/mol. The number of alkyl carbamates (subject to hydrolysis) is 1. The van der Waals surface area contributed by atoms with Gasteiger partial charge in [-0.2, -0.15) is 0 Å². The van der Waals surface area contributed by atoms with E-state index in [0.717, 1.165) is 10.9 Å². The standard InChI is InChI=1S/C23H25N3O5/c1-14(2)19(24-23(29)30-13-16-9-5-4-6-10-16)21(27)25-26-22(28)20-15(3)17-11-7-8-12-18(17)31-20/h4-12,14,19H,13H2,1-3H3,(H,24,29)(H,25,27)(H,26,28)/t19-/m0/s1. The van der Waals surface area contributed by atoms with Crippen LogP contribution in [-0.2, 0) is 16.1 Å². The highest BCUT2D eigenvalue weighted by molar-refractivity contribution is 6.00. The number of carbonyl (C=O) groups is 3. The Labute approximate surface area is 179 Å². The number of para-hydroxylation sites is 1. The summed E-state index contributed by atoms with van der Waals surface area (Å²) >= 11 is 0. The highest BCUT2D eigenvalue weighted by Crippen LogP contribution is 2.24. The van der Waals surface area contributed by atoms with Crippen LogP contribution < -0.4 is 16.2 Å². The summed E-state index contributed by atoms with van der Waals surface area (Å²) in [6.45, 7) is 5.39. The minimum atomic E-state index is -0.902. The SMILES string of the molecule is Cc1c(C(=O)NNC(=O)[C@@H](NC(=O)OCc2ccccc2)C(C)C)oc2ccccc12. The molecule has 0 bridgehead atoms. The molecule has 0 radical (unpaired) electrons. The molecule has 3 rings (SSSR count). The molecule has 0 spiro atoms. The van der Waals surface area contributed by atoms with Crippen molar-refractivity contribution in [2.45, 2.75) is 33.4 Å². The summed E-state index contributed by atoms with van der Waals surface area (Å²) in [5.41, 5.74) is 6.77. The number of amides is 3. The predicted molar refractivity (Wildman–Crippen MR) is 115 cm³/mol. The van der Waals surface area contributed by atoms with Gasteiger partial charge in [-0.15, -0.1) is 0 Å². The van der Waals surface area contributed by atoms with Crippen molar-refractivity contribution in [3.63, 3.8) is 0 Å². The second-order valence-corrected chi connectivity index (χ2v) is 7.42. The molecule has 3 N–H and O–H groups in total. The second-order valence-electron chi connectivity index (χ2n) is 7.42. The lowest BCUT2D eigenvalue weighted by molar-refractivity contribution is -0.124. The Bertz CT molecular complexity index is 1080. The molecule has 0 aliphatic carbocycles. The lowest BCUT2D eigenvalue weighted by Gasteiger charge is -2.21. The third-order valence-electron chi connectivity index (χ3n) is 4.78. The van der Waals surface area contributed by atoms with E-state index in [1.165, 1.54) is 0 Å². The highest BCUT2D eigenvalue weighted by atomic mass is 16.5. The van der Waals surface area contributed by atoms with E-state index in [0.29, 0.717) is 11.1 Å². The van der Waals surface area contributed by atoms with Crippen molar-refractivity contribution in [3.8, 4) is 0 Å². The Hall–Kier alpha value is -3.81. The van der Waals surface area contributed by atoms with Gasteiger partial charge in [0.05, 0.1) is 0 Å². The summed E-state index contributed by atoms with van der Waals surface area (Å²) in [7, 11) is 0. The van der Waals surface area contributed by atoms with Gasteiger partial charge in [-0.25, -0.2) is 4.79 Å². The fraction of sp³-hybridized carbons (Fsp3) is 0.261. The molecule has 8 nitrogen and oxygen atoms in total. The third-order valence-corrected chi connectivity index (χ3v) is 4.78. The lowest BCUT2D eigenvalue weighted by atomic mass is 10.0. The number of fused-ring (bicyclic) bond motifs is 1. The molecular weight excluding hydrogens is 398 g/mol. The van der Waals surface area contributed by atoms with E-state index in [1.54, 1.807) is 26.8 Å². The van der Waals surface area contributed by atoms with Crippen LogP contribution in [0.2, 0.25) is 0 Å². The first-order chi connectivity index (χ1) is 14.9. The van der Waals surface area contributed by atoms with E-state index in [2.05, 4.69) is 16.2 Å². The molecule has 2 aromatic carbocycles. The fourth-order valence-electron chi connectivity index (χ4n) is 3.07. The molecule has 1 aromatic heterocycles. The molecule has 0 fully saturated rings. The van der Waals surface area contributed by atoms with E-state index in [4.69, 9.17) is 9.15 Å². The maximum absolute atomic E-state index is 12.6. The Balaban J connectivity index is 1.56. The van der Waals surface area contributed by atoms with Crippen LogP contribution in [0.25, 0.3) is 11.0 Å². The zero-order valence-corrected chi connectivity index (χ0v) is 17.6. The van der Waals surface area contributed by atoms with Gasteiger partial charge in [0.25, 0.3) is 5.91 Å². The summed E-state index contributed by atoms with van der Waals surface area (Å²) in [6, 6.07) is 15.6. The summed E-state index contributed by atoms with van der Waals surface area (Å²) in [5.74, 6) is -1.29. The van der Waals surface area contributed by atoms with Crippen LogP contribution in [0, 0.1) is 12.8 Å². The maximum Gasteiger partial charge on any atom is 0.408 e. The largest absolute Gasteiger partial charge is 0.451 e. The van der Waals surface area contributed by atoms with Crippen LogP contribution >= 0.6 is 0 Å². The van der Waals surface area contributed by atoms with Gasteiger partial charge in [0.1, 0.15) is 18.2 Å². The molecule has 3 aromatic rings. The van der Waals surface area contributed by atoms with E-state index in [9.17, 15) is 14.4 Å². The highest BCUT2D eigenvalue weighted by Gasteiger charge is 2.26. The smallest absolute Gasteiger partial charge is 0.408 e. The van der Waals surface area contributed by atoms with Crippen LogP contribution in [0.4, 0.5) is 4.79 Å². The number of ether oxygens (including phenoxy) is 1. The Morgan fingerprint density at radius 3 is 2.32 bits per heavy atom. The maximum atomic E-state index is 12.6. The Kier molecular flexibility index (Phi) is 6.92. The molecule has 0 unspecified atom stereocenters. The number of furan rings is 1. The van der Waals surface area contributed by atoms with E-state index < -0.39 is 23.9 Å². The number of benzene rings is 2. The van der Waals surface area contributed by atoms with Gasteiger partial charge >= 0.3 is 12.0 Å². The van der Waals surface area contributed by atoms with Crippen molar-refractivity contribution in [1.82, 2.24) is 16.2 Å². The molecule has 31 heavy (non-hydrogen) atoms. The number of rotatable bonds is 6. The summed E-state index contributed by atoms with van der Waals surface area (Å²) in [5, 5.41) is 3.36. The Morgan fingerprint density at radius 1 is 0.968 bits per heavy atom. The van der Waals surface area contributed by atoms with Crippen molar-refractivity contribution < 1.29 is 23.5 Å². The quantitative estimate of drug-likeness (QED) is 0.526. The molecule has 8 heteroatoms. The molecule has 0 aliphatic heterocycles. The zero-order valence-electron chi connectivity index (χ0n) is 17.6. The lowest BCUT2D eigenvalue weighted by Crippen LogP contribution is -2.54. The Morgan fingerprint density at radius 2 is 1.65 bits per heavy atom. The average Bonchev–Trinajstić information content (AvgIpc) is 3.11. The van der Waals surface area contributed by atoms with Gasteiger partial charge in [-0.3, -0.25) is 20.4 Å². The van der Waals surface area contributed by atoms with E-state index in [1.807, 2.05) is 48.5 Å². The first-order valence-corrected chi connectivity index (χ1v) is 9.92. The van der Waals surface area contributed by atoms with Crippen molar-refractivity contribution in [3.05, 3.63) is 71.5 Å². The van der Waals surface area contributed by atoms with E-state index in [-0.39, 0.29) is 18.3 Å². The number of hydrogen-bond donors (Lipinski definition) is 3.